The Balaban J connectivity index is -0.000000490. The summed E-state index contributed by atoms with van der Waals surface area (Å²) >= 11 is 0. The van der Waals surface area contributed by atoms with Gasteiger partial charge in [0.25, 0.3) is 0 Å². The fourth-order valence-corrected chi connectivity index (χ4v) is 1.91. The van der Waals surface area contributed by atoms with Crippen molar-refractivity contribution in [1.82, 2.24) is 0 Å². The molecule has 0 radical (unpaired) electrons. The molecule has 0 fully saturated rings. The number of fused-ring (bicyclic) bond motifs is 1. The van der Waals surface area contributed by atoms with Crippen molar-refractivity contribution in [2.75, 3.05) is 0 Å². The van der Waals surface area contributed by atoms with E-state index in [2.05, 4.69) is 51.1 Å². The molecule has 0 heterocycles. The van der Waals surface area contributed by atoms with E-state index in [9.17, 15) is 0 Å². The largest absolute Gasteiger partial charge is 4.00 e. The molecule has 0 nitrogen and oxygen atoms in total. The van der Waals surface area contributed by atoms with E-state index >= 15 is 0 Å². The fourth-order valence-electron chi connectivity index (χ4n) is 1.91. The summed E-state index contributed by atoms with van der Waals surface area (Å²) < 4.78 is 0. The van der Waals surface area contributed by atoms with E-state index in [4.69, 9.17) is 0 Å². The molecule has 0 saturated carbocycles. The predicted octanol–water partition coefficient (Wildman–Crippen LogP) is 5.34. The molecule has 92 valence electrons. The number of hydrogen-bond acceptors (Lipinski definition) is 0. The van der Waals surface area contributed by atoms with Crippen LogP contribution < -0.4 is 0 Å². The van der Waals surface area contributed by atoms with Crippen LogP contribution in [0.4, 0.5) is 0 Å². The number of aryl methyl sites for hydroxylation is 1. The smallest absolute Gasteiger partial charge is 0.358 e. The van der Waals surface area contributed by atoms with E-state index in [1.807, 2.05) is 0 Å². The van der Waals surface area contributed by atoms with Crippen LogP contribution in [0.5, 0.6) is 0 Å². The third-order valence-electron chi connectivity index (χ3n) is 2.55. The van der Waals surface area contributed by atoms with Gasteiger partial charge < -0.3 is 22.3 Å². The van der Waals surface area contributed by atoms with Crippen LogP contribution in [0.1, 0.15) is 30.9 Å². The SMILES string of the molecule is Cc1cc2c(C(C)C)cccc2[cH-]1.[CH3-].[CH3-].[CH3-].[Zr+4]. The fraction of sp³-hybridized carbons (Fsp3) is 0.250. The Morgan fingerprint density at radius 3 is 2.18 bits per heavy atom. The summed E-state index contributed by atoms with van der Waals surface area (Å²) in [6.07, 6.45) is 0. The van der Waals surface area contributed by atoms with Crippen molar-refractivity contribution >= 4 is 10.8 Å². The first kappa shape index (κ1) is 21.9. The molecule has 0 N–H and O–H groups in total. The van der Waals surface area contributed by atoms with Gasteiger partial charge in [0.1, 0.15) is 0 Å². The van der Waals surface area contributed by atoms with Crippen molar-refractivity contribution < 1.29 is 26.2 Å². The topological polar surface area (TPSA) is 0 Å². The average molecular weight is 308 g/mol. The zero-order valence-corrected chi connectivity index (χ0v) is 14.4. The Hall–Kier alpha value is -0.287. The summed E-state index contributed by atoms with van der Waals surface area (Å²) in [5.41, 5.74) is 2.83. The quantitative estimate of drug-likeness (QED) is 0.624. The van der Waals surface area contributed by atoms with E-state index in [0.717, 1.165) is 0 Å². The first-order valence-corrected chi connectivity index (χ1v) is 4.84. The molecular weight excluding hydrogens is 283 g/mol. The maximum absolute atomic E-state index is 2.28. The molecule has 0 bridgehead atoms. The molecule has 0 amide bonds. The number of benzene rings is 1. The summed E-state index contributed by atoms with van der Waals surface area (Å²) in [5, 5.41) is 2.80. The Kier molecular flexibility index (Phi) is 11.3. The zero-order valence-electron chi connectivity index (χ0n) is 12.0. The standard InChI is InChI=1S/C13H15.3CH3.Zr/c1-9(2)12-6-4-5-11-7-10(3)8-13(11)12;;;;/h4-9H,1-3H3;3*1H3;/q4*-1;+4. The summed E-state index contributed by atoms with van der Waals surface area (Å²) in [6, 6.07) is 11.1. The van der Waals surface area contributed by atoms with E-state index in [0.29, 0.717) is 5.92 Å². The maximum atomic E-state index is 2.28. The van der Waals surface area contributed by atoms with Crippen LogP contribution in [0, 0.1) is 29.2 Å². The molecule has 0 aliphatic carbocycles. The van der Waals surface area contributed by atoms with Crippen LogP contribution in [0.15, 0.2) is 30.3 Å². The van der Waals surface area contributed by atoms with E-state index < -0.39 is 0 Å². The number of hydrogen-bond donors (Lipinski definition) is 0. The van der Waals surface area contributed by atoms with Crippen molar-refractivity contribution in [3.8, 4) is 0 Å². The predicted molar refractivity (Wildman–Crippen MR) is 77.6 cm³/mol. The second kappa shape index (κ2) is 8.75. The molecule has 17 heavy (non-hydrogen) atoms. The van der Waals surface area contributed by atoms with Crippen molar-refractivity contribution in [3.05, 3.63) is 63.7 Å². The van der Waals surface area contributed by atoms with E-state index in [1.165, 1.54) is 21.9 Å². The van der Waals surface area contributed by atoms with Gasteiger partial charge >= 0.3 is 26.2 Å². The Bertz CT molecular complexity index is 424. The molecule has 2 rings (SSSR count). The second-order valence-electron chi connectivity index (χ2n) is 4.04. The van der Waals surface area contributed by atoms with Crippen LogP contribution in [-0.4, -0.2) is 0 Å². The monoisotopic (exact) mass is 306 g/mol. The first-order chi connectivity index (χ1) is 6.18. The molecule has 2 aromatic rings. The molecule has 0 unspecified atom stereocenters. The van der Waals surface area contributed by atoms with Gasteiger partial charge in [-0.15, -0.1) is 34.5 Å². The normalized spacial score (nSPS) is 8.71. The van der Waals surface area contributed by atoms with Crippen molar-refractivity contribution in [2.45, 2.75) is 26.7 Å². The molecule has 0 aromatic heterocycles. The van der Waals surface area contributed by atoms with E-state index in [-0.39, 0.29) is 48.5 Å². The molecule has 0 aliphatic heterocycles. The van der Waals surface area contributed by atoms with Gasteiger partial charge in [-0.25, -0.2) is 0 Å². The summed E-state index contributed by atoms with van der Waals surface area (Å²) in [5.74, 6) is 0.616. The third kappa shape index (κ3) is 4.47. The van der Waals surface area contributed by atoms with Gasteiger partial charge in [-0.3, -0.25) is 0 Å². The van der Waals surface area contributed by atoms with Crippen molar-refractivity contribution in [2.24, 2.45) is 0 Å². The summed E-state index contributed by atoms with van der Waals surface area (Å²) in [4.78, 5) is 0. The molecule has 0 atom stereocenters. The Morgan fingerprint density at radius 2 is 1.65 bits per heavy atom. The summed E-state index contributed by atoms with van der Waals surface area (Å²) in [7, 11) is 0. The molecule has 0 spiro atoms. The molecular formula is C16H24Zr. The molecule has 2 aromatic carbocycles. The molecule has 1 heteroatoms. The van der Waals surface area contributed by atoms with Crippen LogP contribution in [0.25, 0.3) is 10.8 Å². The average Bonchev–Trinajstić information content (AvgIpc) is 2.43. The molecule has 0 aliphatic rings. The first-order valence-electron chi connectivity index (χ1n) is 4.84. The van der Waals surface area contributed by atoms with E-state index in [1.54, 1.807) is 0 Å². The maximum Gasteiger partial charge on any atom is 4.00 e. The minimum atomic E-state index is 0. The van der Waals surface area contributed by atoms with Gasteiger partial charge in [-0.2, -0.15) is 6.07 Å². The second-order valence-corrected chi connectivity index (χ2v) is 4.04. The van der Waals surface area contributed by atoms with Gasteiger partial charge in [0.15, 0.2) is 0 Å². The minimum absolute atomic E-state index is 0. The van der Waals surface area contributed by atoms with Crippen LogP contribution >= 0.6 is 0 Å². The Morgan fingerprint density at radius 1 is 1.06 bits per heavy atom. The van der Waals surface area contributed by atoms with Gasteiger partial charge in [-0.05, 0) is 5.92 Å². The van der Waals surface area contributed by atoms with Crippen LogP contribution in [-0.2, 0) is 26.2 Å². The minimum Gasteiger partial charge on any atom is -0.358 e. The van der Waals surface area contributed by atoms with Crippen LogP contribution in [0.2, 0.25) is 0 Å². The van der Waals surface area contributed by atoms with Gasteiger partial charge in [0.05, 0.1) is 0 Å². The van der Waals surface area contributed by atoms with Gasteiger partial charge in [-0.1, -0.05) is 32.4 Å². The van der Waals surface area contributed by atoms with Crippen molar-refractivity contribution in [1.29, 1.82) is 0 Å². The third-order valence-corrected chi connectivity index (χ3v) is 2.55. The number of rotatable bonds is 1. The summed E-state index contributed by atoms with van der Waals surface area (Å²) in [6.45, 7) is 6.65. The Labute approximate surface area is 127 Å². The molecule has 0 saturated heterocycles. The van der Waals surface area contributed by atoms with Crippen LogP contribution in [0.3, 0.4) is 0 Å². The van der Waals surface area contributed by atoms with Crippen molar-refractivity contribution in [3.63, 3.8) is 0 Å². The van der Waals surface area contributed by atoms with Gasteiger partial charge in [0, 0.05) is 0 Å². The zero-order chi connectivity index (χ0) is 9.42. The van der Waals surface area contributed by atoms with Gasteiger partial charge in [0.2, 0.25) is 0 Å².